The van der Waals surface area contributed by atoms with Crippen LogP contribution in [0.15, 0.2) is 12.1 Å². The maximum atomic E-state index is 14.1. The van der Waals surface area contributed by atoms with E-state index in [0.29, 0.717) is 18.7 Å². The lowest BCUT2D eigenvalue weighted by Gasteiger charge is -2.24. The van der Waals surface area contributed by atoms with E-state index in [0.717, 1.165) is 44.8 Å². The number of hydrogen-bond donors (Lipinski definition) is 1. The van der Waals surface area contributed by atoms with Crippen LogP contribution in [0.1, 0.15) is 47.5 Å². The molecule has 3 nitrogen and oxygen atoms in total. The molecule has 0 radical (unpaired) electrons. The third-order valence-corrected chi connectivity index (χ3v) is 4.48. The summed E-state index contributed by atoms with van der Waals surface area (Å²) in [4.78, 5) is 14.1. The summed E-state index contributed by atoms with van der Waals surface area (Å²) >= 11 is 0. The number of nitrogens with zero attached hydrogens (tertiary/aromatic N) is 1. The summed E-state index contributed by atoms with van der Waals surface area (Å²) in [5.41, 5.74) is 0.642. The molecule has 2 saturated heterocycles. The monoisotopic (exact) mass is 294 g/mol. The molecule has 0 unspecified atom stereocenters. The van der Waals surface area contributed by atoms with E-state index in [4.69, 9.17) is 0 Å². The first-order valence-corrected chi connectivity index (χ1v) is 7.66. The normalized spacial score (nSPS) is 20.0. The molecular weight excluding hydrogens is 274 g/mol. The van der Waals surface area contributed by atoms with Gasteiger partial charge in [0, 0.05) is 18.7 Å². The average molecular weight is 294 g/mol. The van der Waals surface area contributed by atoms with E-state index >= 15 is 0 Å². The van der Waals surface area contributed by atoms with Crippen LogP contribution in [-0.4, -0.2) is 37.0 Å². The number of hydrogen-bond acceptors (Lipinski definition) is 2. The van der Waals surface area contributed by atoms with E-state index in [2.05, 4.69) is 5.32 Å². The van der Waals surface area contributed by atoms with Gasteiger partial charge in [-0.2, -0.15) is 0 Å². The third kappa shape index (κ3) is 2.93. The smallest absolute Gasteiger partial charge is 0.253 e. The highest BCUT2D eigenvalue weighted by Gasteiger charge is 2.25. The highest BCUT2D eigenvalue weighted by atomic mass is 19.2. The van der Waals surface area contributed by atoms with Gasteiger partial charge in [-0.25, -0.2) is 8.78 Å². The molecule has 2 heterocycles. The van der Waals surface area contributed by atoms with E-state index < -0.39 is 11.6 Å². The molecule has 2 aliphatic rings. The van der Waals surface area contributed by atoms with Crippen molar-refractivity contribution in [2.75, 3.05) is 26.2 Å². The van der Waals surface area contributed by atoms with Gasteiger partial charge in [0.2, 0.25) is 0 Å². The van der Waals surface area contributed by atoms with Crippen molar-refractivity contribution in [3.05, 3.63) is 34.9 Å². The summed E-state index contributed by atoms with van der Waals surface area (Å²) < 4.78 is 28.0. The second-order valence-electron chi connectivity index (χ2n) is 5.88. The molecule has 1 N–H and O–H groups in total. The predicted molar refractivity (Wildman–Crippen MR) is 76.3 cm³/mol. The first-order chi connectivity index (χ1) is 10.2. The summed E-state index contributed by atoms with van der Waals surface area (Å²) in [6.45, 7) is 3.02. The second-order valence-corrected chi connectivity index (χ2v) is 5.88. The number of halogens is 2. The number of benzene rings is 1. The average Bonchev–Trinajstić information content (AvgIpc) is 3.04. The van der Waals surface area contributed by atoms with E-state index in [9.17, 15) is 13.6 Å². The van der Waals surface area contributed by atoms with Crippen molar-refractivity contribution in [3.8, 4) is 0 Å². The molecule has 0 spiro atoms. The molecule has 1 aromatic rings. The molecule has 114 valence electrons. The van der Waals surface area contributed by atoms with Crippen LogP contribution in [0.4, 0.5) is 8.78 Å². The molecule has 21 heavy (non-hydrogen) atoms. The van der Waals surface area contributed by atoms with Crippen molar-refractivity contribution >= 4 is 5.91 Å². The van der Waals surface area contributed by atoms with Crippen LogP contribution in [0.2, 0.25) is 0 Å². The van der Waals surface area contributed by atoms with Crippen molar-refractivity contribution in [1.82, 2.24) is 10.2 Å². The molecular formula is C16H20F2N2O. The van der Waals surface area contributed by atoms with Gasteiger partial charge in [0.15, 0.2) is 11.6 Å². The summed E-state index contributed by atoms with van der Waals surface area (Å²) in [5.74, 6) is -1.89. The maximum absolute atomic E-state index is 14.1. The van der Waals surface area contributed by atoms with Gasteiger partial charge < -0.3 is 10.2 Å². The molecule has 5 heteroatoms. The van der Waals surface area contributed by atoms with Crippen LogP contribution in [0, 0.1) is 11.6 Å². The number of piperidine rings is 1. The SMILES string of the molecule is O=C(c1cc(F)c(F)c(C2CCNCC2)c1)N1CCCC1. The largest absolute Gasteiger partial charge is 0.339 e. The fraction of sp³-hybridized carbons (Fsp3) is 0.562. The van der Waals surface area contributed by atoms with Gasteiger partial charge in [-0.15, -0.1) is 0 Å². The maximum Gasteiger partial charge on any atom is 0.253 e. The number of carbonyl (C=O) groups excluding carboxylic acids is 1. The van der Waals surface area contributed by atoms with Crippen LogP contribution in [0.5, 0.6) is 0 Å². The minimum Gasteiger partial charge on any atom is -0.339 e. The first-order valence-electron chi connectivity index (χ1n) is 7.66. The number of carbonyl (C=O) groups is 1. The van der Waals surface area contributed by atoms with Crippen LogP contribution >= 0.6 is 0 Å². The molecule has 0 saturated carbocycles. The van der Waals surface area contributed by atoms with Gasteiger partial charge >= 0.3 is 0 Å². The Balaban J connectivity index is 1.90. The van der Waals surface area contributed by atoms with Crippen molar-refractivity contribution in [3.63, 3.8) is 0 Å². The molecule has 2 fully saturated rings. The Labute approximate surface area is 123 Å². The zero-order valence-electron chi connectivity index (χ0n) is 12.0. The van der Waals surface area contributed by atoms with Crippen LogP contribution in [-0.2, 0) is 0 Å². The van der Waals surface area contributed by atoms with Gasteiger partial charge in [-0.1, -0.05) is 0 Å². The summed E-state index contributed by atoms with van der Waals surface area (Å²) in [5, 5.41) is 3.21. The van der Waals surface area contributed by atoms with Crippen LogP contribution in [0.25, 0.3) is 0 Å². The van der Waals surface area contributed by atoms with Crippen molar-refractivity contribution in [2.45, 2.75) is 31.6 Å². The quantitative estimate of drug-likeness (QED) is 0.909. The zero-order valence-corrected chi connectivity index (χ0v) is 12.0. The fourth-order valence-electron chi connectivity index (χ4n) is 3.27. The number of likely N-dealkylation sites (tertiary alicyclic amines) is 1. The van der Waals surface area contributed by atoms with E-state index in [1.807, 2.05) is 0 Å². The molecule has 0 bridgehead atoms. The summed E-state index contributed by atoms with van der Waals surface area (Å²) in [7, 11) is 0. The van der Waals surface area contributed by atoms with Crippen molar-refractivity contribution < 1.29 is 13.6 Å². The Morgan fingerprint density at radius 1 is 1.14 bits per heavy atom. The van der Waals surface area contributed by atoms with Crippen LogP contribution < -0.4 is 5.32 Å². The Bertz CT molecular complexity index is 535. The fourth-order valence-corrected chi connectivity index (χ4v) is 3.27. The zero-order chi connectivity index (χ0) is 14.8. The third-order valence-electron chi connectivity index (χ3n) is 4.48. The molecule has 3 rings (SSSR count). The van der Waals surface area contributed by atoms with Gasteiger partial charge in [0.1, 0.15) is 0 Å². The first kappa shape index (κ1) is 14.4. The Kier molecular flexibility index (Phi) is 4.19. The lowest BCUT2D eigenvalue weighted by Crippen LogP contribution is -2.29. The van der Waals surface area contributed by atoms with E-state index in [-0.39, 0.29) is 17.4 Å². The number of rotatable bonds is 2. The lowest BCUT2D eigenvalue weighted by atomic mass is 9.88. The molecule has 1 amide bonds. The molecule has 2 aliphatic heterocycles. The van der Waals surface area contributed by atoms with Crippen molar-refractivity contribution in [1.29, 1.82) is 0 Å². The highest BCUT2D eigenvalue weighted by molar-refractivity contribution is 5.94. The van der Waals surface area contributed by atoms with Gasteiger partial charge in [0.25, 0.3) is 5.91 Å². The molecule has 0 atom stereocenters. The Morgan fingerprint density at radius 3 is 2.48 bits per heavy atom. The summed E-state index contributed by atoms with van der Waals surface area (Å²) in [6.07, 6.45) is 3.52. The molecule has 0 aromatic heterocycles. The van der Waals surface area contributed by atoms with Gasteiger partial charge in [-0.3, -0.25) is 4.79 Å². The second kappa shape index (κ2) is 6.10. The Morgan fingerprint density at radius 2 is 1.81 bits per heavy atom. The Hall–Kier alpha value is -1.49. The molecule has 1 aromatic carbocycles. The van der Waals surface area contributed by atoms with Gasteiger partial charge in [-0.05, 0) is 62.4 Å². The minimum atomic E-state index is -0.909. The van der Waals surface area contributed by atoms with Crippen LogP contribution in [0.3, 0.4) is 0 Å². The minimum absolute atomic E-state index is 0.00734. The number of amides is 1. The van der Waals surface area contributed by atoms with Gasteiger partial charge in [0.05, 0.1) is 0 Å². The lowest BCUT2D eigenvalue weighted by molar-refractivity contribution is 0.0792. The highest BCUT2D eigenvalue weighted by Crippen LogP contribution is 2.30. The predicted octanol–water partition coefficient (Wildman–Crippen LogP) is 2.67. The van der Waals surface area contributed by atoms with E-state index in [1.54, 1.807) is 11.0 Å². The number of nitrogens with one attached hydrogen (secondary N) is 1. The van der Waals surface area contributed by atoms with Crippen molar-refractivity contribution in [2.24, 2.45) is 0 Å². The standard InChI is InChI=1S/C16H20F2N2O/c17-14-10-12(16(21)20-7-1-2-8-20)9-13(15(14)18)11-3-5-19-6-4-11/h9-11,19H,1-8H2. The molecule has 0 aliphatic carbocycles. The topological polar surface area (TPSA) is 32.3 Å². The summed E-state index contributed by atoms with van der Waals surface area (Å²) in [6, 6.07) is 2.61. The van der Waals surface area contributed by atoms with E-state index in [1.165, 1.54) is 0 Å².